The van der Waals surface area contributed by atoms with Gasteiger partial charge in [-0.15, -0.1) is 0 Å². The van der Waals surface area contributed by atoms with E-state index in [1.54, 1.807) is 12.1 Å². The minimum Gasteiger partial charge on any atom is -0.316 e. The fourth-order valence-electron chi connectivity index (χ4n) is 1.69. The third kappa shape index (κ3) is 4.30. The van der Waals surface area contributed by atoms with Crippen LogP contribution in [0.5, 0.6) is 0 Å². The van der Waals surface area contributed by atoms with Crippen LogP contribution in [0.1, 0.15) is 38.3 Å². The Bertz CT molecular complexity index is 536. The lowest BCUT2D eigenvalue weighted by molar-refractivity contribution is 0.439. The van der Waals surface area contributed by atoms with Crippen LogP contribution < -0.4 is 10.0 Å². The van der Waals surface area contributed by atoms with Crippen molar-refractivity contribution >= 4 is 10.0 Å². The molecule has 0 aliphatic heterocycles. The van der Waals surface area contributed by atoms with Crippen molar-refractivity contribution in [2.45, 2.75) is 51.1 Å². The van der Waals surface area contributed by atoms with E-state index in [2.05, 4.69) is 10.0 Å². The lowest BCUT2D eigenvalue weighted by atomic mass is 10.0. The molecule has 0 amide bonds. The van der Waals surface area contributed by atoms with Crippen molar-refractivity contribution in [2.24, 2.45) is 0 Å². The average molecular weight is 284 g/mol. The number of hydrogen-bond donors (Lipinski definition) is 2. The highest BCUT2D eigenvalue weighted by Crippen LogP contribution is 2.18. The molecule has 0 saturated carbocycles. The normalized spacial score (nSPS) is 12.7. The van der Waals surface area contributed by atoms with Gasteiger partial charge in [-0.3, -0.25) is 0 Å². The third-order valence-electron chi connectivity index (χ3n) is 3.29. The fraction of sp³-hybridized carbons (Fsp3) is 0.571. The van der Waals surface area contributed by atoms with Gasteiger partial charge in [-0.2, -0.15) is 0 Å². The Hall–Kier alpha value is -0.910. The first-order valence-electron chi connectivity index (χ1n) is 6.50. The average Bonchev–Trinajstić information content (AvgIpc) is 2.31. The SMILES string of the molecule is CCC(C)(C)NS(=O)(=O)c1ccc(C)c(CNC)c1. The Balaban J connectivity index is 3.12. The van der Waals surface area contributed by atoms with Crippen LogP contribution in [0.3, 0.4) is 0 Å². The Kier molecular flexibility index (Phi) is 5.12. The number of sulfonamides is 1. The lowest BCUT2D eigenvalue weighted by Gasteiger charge is -2.24. The van der Waals surface area contributed by atoms with E-state index >= 15 is 0 Å². The summed E-state index contributed by atoms with van der Waals surface area (Å²) in [4.78, 5) is 0.324. The van der Waals surface area contributed by atoms with Gasteiger partial charge < -0.3 is 5.32 Å². The van der Waals surface area contributed by atoms with E-state index in [1.165, 1.54) is 0 Å². The van der Waals surface area contributed by atoms with Gasteiger partial charge >= 0.3 is 0 Å². The summed E-state index contributed by atoms with van der Waals surface area (Å²) >= 11 is 0. The van der Waals surface area contributed by atoms with E-state index in [9.17, 15) is 8.42 Å². The van der Waals surface area contributed by atoms with E-state index in [0.29, 0.717) is 11.4 Å². The maximum absolute atomic E-state index is 12.3. The summed E-state index contributed by atoms with van der Waals surface area (Å²) in [7, 11) is -1.62. The summed E-state index contributed by atoms with van der Waals surface area (Å²) in [6, 6.07) is 5.24. The molecule has 4 nitrogen and oxygen atoms in total. The number of aryl methyl sites for hydroxylation is 1. The van der Waals surface area contributed by atoms with Crippen molar-refractivity contribution in [2.75, 3.05) is 7.05 Å². The molecule has 0 radical (unpaired) electrons. The van der Waals surface area contributed by atoms with E-state index in [0.717, 1.165) is 17.5 Å². The molecule has 1 aromatic carbocycles. The molecule has 0 aliphatic carbocycles. The molecule has 0 fully saturated rings. The molecule has 0 bridgehead atoms. The summed E-state index contributed by atoms with van der Waals surface area (Å²) in [5.74, 6) is 0. The molecule has 19 heavy (non-hydrogen) atoms. The summed E-state index contributed by atoms with van der Waals surface area (Å²) in [6.45, 7) is 8.36. The smallest absolute Gasteiger partial charge is 0.241 e. The van der Waals surface area contributed by atoms with Crippen LogP contribution in [0.4, 0.5) is 0 Å². The van der Waals surface area contributed by atoms with Gasteiger partial charge in [-0.25, -0.2) is 13.1 Å². The molecule has 0 aromatic heterocycles. The standard InChI is InChI=1S/C14H24N2O2S/c1-6-14(3,4)16-19(17,18)13-8-7-11(2)12(9-13)10-15-5/h7-9,15-16H,6,10H2,1-5H3. The van der Waals surface area contributed by atoms with Gasteiger partial charge in [0, 0.05) is 12.1 Å². The molecule has 0 spiro atoms. The van der Waals surface area contributed by atoms with Crippen LogP contribution in [0.25, 0.3) is 0 Å². The van der Waals surface area contributed by atoms with Gasteiger partial charge in [-0.05, 0) is 57.5 Å². The number of nitrogens with one attached hydrogen (secondary N) is 2. The maximum atomic E-state index is 12.3. The van der Waals surface area contributed by atoms with Crippen LogP contribution in [0, 0.1) is 6.92 Å². The molecule has 5 heteroatoms. The Morgan fingerprint density at radius 2 is 1.89 bits per heavy atom. The highest BCUT2D eigenvalue weighted by atomic mass is 32.2. The Morgan fingerprint density at radius 3 is 2.42 bits per heavy atom. The minimum absolute atomic E-state index is 0.324. The van der Waals surface area contributed by atoms with Crippen LogP contribution in [0.15, 0.2) is 23.1 Å². The van der Waals surface area contributed by atoms with E-state index in [1.807, 2.05) is 40.8 Å². The van der Waals surface area contributed by atoms with E-state index in [4.69, 9.17) is 0 Å². The van der Waals surface area contributed by atoms with E-state index < -0.39 is 15.6 Å². The second-order valence-corrected chi connectivity index (χ2v) is 7.14. The first-order valence-corrected chi connectivity index (χ1v) is 7.98. The quantitative estimate of drug-likeness (QED) is 0.842. The first kappa shape index (κ1) is 16.1. The zero-order chi connectivity index (χ0) is 14.7. The molecule has 0 saturated heterocycles. The van der Waals surface area contributed by atoms with Crippen LogP contribution in [-0.4, -0.2) is 21.0 Å². The maximum Gasteiger partial charge on any atom is 0.241 e. The van der Waals surface area contributed by atoms with E-state index in [-0.39, 0.29) is 0 Å². The minimum atomic E-state index is -3.47. The number of rotatable bonds is 6. The van der Waals surface area contributed by atoms with Gasteiger partial charge in [0.25, 0.3) is 0 Å². The molecule has 2 N–H and O–H groups in total. The topological polar surface area (TPSA) is 58.2 Å². The summed E-state index contributed by atoms with van der Waals surface area (Å²) in [6.07, 6.45) is 0.738. The monoisotopic (exact) mass is 284 g/mol. The Morgan fingerprint density at radius 1 is 1.26 bits per heavy atom. The second kappa shape index (κ2) is 6.03. The lowest BCUT2D eigenvalue weighted by Crippen LogP contribution is -2.42. The van der Waals surface area contributed by atoms with Gasteiger partial charge in [-0.1, -0.05) is 13.0 Å². The van der Waals surface area contributed by atoms with Crippen molar-refractivity contribution in [3.8, 4) is 0 Å². The van der Waals surface area contributed by atoms with Crippen molar-refractivity contribution in [3.05, 3.63) is 29.3 Å². The van der Waals surface area contributed by atoms with Gasteiger partial charge in [0.1, 0.15) is 0 Å². The third-order valence-corrected chi connectivity index (χ3v) is 4.99. The number of hydrogen-bond acceptors (Lipinski definition) is 3. The molecule has 0 aliphatic rings. The van der Waals surface area contributed by atoms with Crippen LogP contribution in [-0.2, 0) is 16.6 Å². The molecular formula is C14H24N2O2S. The second-order valence-electron chi connectivity index (χ2n) is 5.46. The molecule has 108 valence electrons. The molecular weight excluding hydrogens is 260 g/mol. The molecule has 1 rings (SSSR count). The zero-order valence-electron chi connectivity index (χ0n) is 12.4. The van der Waals surface area contributed by atoms with Crippen molar-refractivity contribution in [1.29, 1.82) is 0 Å². The summed E-state index contributed by atoms with van der Waals surface area (Å²) < 4.78 is 27.4. The molecule has 0 unspecified atom stereocenters. The Labute approximate surface area is 116 Å². The van der Waals surface area contributed by atoms with Crippen molar-refractivity contribution in [1.82, 2.24) is 10.0 Å². The van der Waals surface area contributed by atoms with Gasteiger partial charge in [0.05, 0.1) is 4.90 Å². The zero-order valence-corrected chi connectivity index (χ0v) is 13.2. The highest BCUT2D eigenvalue weighted by molar-refractivity contribution is 7.89. The van der Waals surface area contributed by atoms with Crippen LogP contribution in [0.2, 0.25) is 0 Å². The van der Waals surface area contributed by atoms with Gasteiger partial charge in [0.2, 0.25) is 10.0 Å². The molecule has 0 heterocycles. The van der Waals surface area contributed by atoms with Gasteiger partial charge in [0.15, 0.2) is 0 Å². The largest absolute Gasteiger partial charge is 0.316 e. The predicted octanol–water partition coefficient (Wildman–Crippen LogP) is 2.18. The number of benzene rings is 1. The first-order chi connectivity index (χ1) is 8.72. The van der Waals surface area contributed by atoms with Crippen LogP contribution >= 0.6 is 0 Å². The predicted molar refractivity (Wildman–Crippen MR) is 78.6 cm³/mol. The molecule has 0 atom stereocenters. The summed E-state index contributed by atoms with van der Waals surface area (Å²) in [5.41, 5.74) is 1.65. The van der Waals surface area contributed by atoms with Crippen molar-refractivity contribution < 1.29 is 8.42 Å². The fourth-order valence-corrected chi connectivity index (χ4v) is 3.22. The van der Waals surface area contributed by atoms with Crippen molar-refractivity contribution in [3.63, 3.8) is 0 Å². The highest BCUT2D eigenvalue weighted by Gasteiger charge is 2.24. The molecule has 1 aromatic rings. The summed E-state index contributed by atoms with van der Waals surface area (Å²) in [5, 5.41) is 3.05.